The molecule has 1 aliphatic rings. The third-order valence-electron chi connectivity index (χ3n) is 4.88. The van der Waals surface area contributed by atoms with E-state index >= 15 is 0 Å². The quantitative estimate of drug-likeness (QED) is 0.696. The number of hydrogen-bond acceptors (Lipinski definition) is 4. The number of piperidine rings is 1. The lowest BCUT2D eigenvalue weighted by molar-refractivity contribution is -0.135. The number of carbonyl (C=O) groups excluding carboxylic acids is 2. The second-order valence-electron chi connectivity index (χ2n) is 7.00. The molecule has 0 spiro atoms. The monoisotopic (exact) mass is 375 g/mol. The summed E-state index contributed by atoms with van der Waals surface area (Å²) in [5.41, 5.74) is 0.852. The normalized spacial score (nSPS) is 15.8. The highest BCUT2D eigenvalue weighted by atomic mass is 16.5. The lowest BCUT2D eigenvalue weighted by Gasteiger charge is -2.35. The number of para-hydroxylation sites is 1. The fourth-order valence-corrected chi connectivity index (χ4v) is 3.70. The SMILES string of the molecule is CCCN(C(=O)CC(NC(C)=O)c1ccccc1OCC)C1CCNCC1. The van der Waals surface area contributed by atoms with Gasteiger partial charge in [0.1, 0.15) is 5.75 Å². The summed E-state index contributed by atoms with van der Waals surface area (Å²) in [4.78, 5) is 27.0. The van der Waals surface area contributed by atoms with Crippen LogP contribution >= 0.6 is 0 Å². The van der Waals surface area contributed by atoms with Crippen LogP contribution in [0.3, 0.4) is 0 Å². The second kappa shape index (κ2) is 10.9. The van der Waals surface area contributed by atoms with Crippen LogP contribution in [0.2, 0.25) is 0 Å². The predicted molar refractivity (Wildman–Crippen MR) is 107 cm³/mol. The van der Waals surface area contributed by atoms with Crippen LogP contribution in [0.25, 0.3) is 0 Å². The first-order valence-electron chi connectivity index (χ1n) is 10.1. The van der Waals surface area contributed by atoms with E-state index in [2.05, 4.69) is 17.6 Å². The van der Waals surface area contributed by atoms with Crippen LogP contribution in [0.4, 0.5) is 0 Å². The third-order valence-corrected chi connectivity index (χ3v) is 4.88. The summed E-state index contributed by atoms with van der Waals surface area (Å²) in [6, 6.07) is 7.51. The molecular formula is C21H33N3O3. The van der Waals surface area contributed by atoms with E-state index in [4.69, 9.17) is 4.74 Å². The fraction of sp³-hybridized carbons (Fsp3) is 0.619. The number of ether oxygens (including phenoxy) is 1. The van der Waals surface area contributed by atoms with Gasteiger partial charge in [0.25, 0.3) is 0 Å². The maximum Gasteiger partial charge on any atom is 0.225 e. The summed E-state index contributed by atoms with van der Waals surface area (Å²) in [5.74, 6) is 0.660. The standard InChI is InChI=1S/C21H33N3O3/c1-4-14-24(17-10-12-22-13-11-17)21(26)15-19(23-16(3)25)18-8-6-7-9-20(18)27-5-2/h6-9,17,19,22H,4-5,10-15H2,1-3H3,(H,23,25). The van der Waals surface area contributed by atoms with Crippen molar-refractivity contribution in [2.45, 2.75) is 58.5 Å². The molecule has 27 heavy (non-hydrogen) atoms. The van der Waals surface area contributed by atoms with E-state index in [1.54, 1.807) is 0 Å². The number of benzene rings is 1. The van der Waals surface area contributed by atoms with Crippen molar-refractivity contribution in [2.75, 3.05) is 26.2 Å². The first kappa shape index (κ1) is 21.2. The highest BCUT2D eigenvalue weighted by Crippen LogP contribution is 2.28. The zero-order valence-electron chi connectivity index (χ0n) is 16.8. The number of nitrogens with one attached hydrogen (secondary N) is 2. The summed E-state index contributed by atoms with van der Waals surface area (Å²) in [5, 5.41) is 6.30. The minimum atomic E-state index is -0.390. The zero-order chi connectivity index (χ0) is 19.6. The molecule has 1 atom stereocenters. The first-order chi connectivity index (χ1) is 13.1. The summed E-state index contributed by atoms with van der Waals surface area (Å²) < 4.78 is 5.72. The van der Waals surface area contributed by atoms with Crippen LogP contribution in [-0.2, 0) is 9.59 Å². The van der Waals surface area contributed by atoms with E-state index in [1.807, 2.05) is 36.1 Å². The van der Waals surface area contributed by atoms with Gasteiger partial charge >= 0.3 is 0 Å². The fourth-order valence-electron chi connectivity index (χ4n) is 3.70. The van der Waals surface area contributed by atoms with E-state index in [1.165, 1.54) is 6.92 Å². The number of nitrogens with zero attached hydrogens (tertiary/aromatic N) is 1. The molecule has 6 nitrogen and oxygen atoms in total. The van der Waals surface area contributed by atoms with Gasteiger partial charge in [-0.2, -0.15) is 0 Å². The van der Waals surface area contributed by atoms with Crippen LogP contribution < -0.4 is 15.4 Å². The molecule has 1 unspecified atom stereocenters. The summed E-state index contributed by atoms with van der Waals surface area (Å²) in [7, 11) is 0. The van der Waals surface area contributed by atoms with E-state index in [-0.39, 0.29) is 30.3 Å². The zero-order valence-corrected chi connectivity index (χ0v) is 16.8. The van der Waals surface area contributed by atoms with Crippen LogP contribution in [0.5, 0.6) is 5.75 Å². The van der Waals surface area contributed by atoms with Crippen LogP contribution in [0.15, 0.2) is 24.3 Å². The molecule has 1 aliphatic heterocycles. The van der Waals surface area contributed by atoms with Crippen molar-refractivity contribution >= 4 is 11.8 Å². The summed E-state index contributed by atoms with van der Waals surface area (Å²) in [6.07, 6.45) is 3.13. The number of amides is 2. The molecule has 2 N–H and O–H groups in total. The smallest absolute Gasteiger partial charge is 0.225 e. The van der Waals surface area contributed by atoms with Gasteiger partial charge in [0, 0.05) is 25.1 Å². The first-order valence-corrected chi connectivity index (χ1v) is 10.1. The van der Waals surface area contributed by atoms with Gasteiger partial charge in [-0.05, 0) is 45.3 Å². The van der Waals surface area contributed by atoms with Gasteiger partial charge < -0.3 is 20.3 Å². The Bertz CT molecular complexity index is 614. The molecular weight excluding hydrogens is 342 g/mol. The Morgan fingerprint density at radius 2 is 1.96 bits per heavy atom. The summed E-state index contributed by atoms with van der Waals surface area (Å²) >= 11 is 0. The van der Waals surface area contributed by atoms with Crippen LogP contribution in [0, 0.1) is 0 Å². The Labute approximate surface area is 162 Å². The Hall–Kier alpha value is -2.08. The van der Waals surface area contributed by atoms with Gasteiger partial charge in [-0.1, -0.05) is 25.1 Å². The Morgan fingerprint density at radius 3 is 2.59 bits per heavy atom. The van der Waals surface area contributed by atoms with Gasteiger partial charge in [0.2, 0.25) is 11.8 Å². The van der Waals surface area contributed by atoms with Gasteiger partial charge in [0.05, 0.1) is 19.1 Å². The molecule has 0 radical (unpaired) electrons. The molecule has 1 fully saturated rings. The molecule has 0 saturated carbocycles. The largest absolute Gasteiger partial charge is 0.494 e. The second-order valence-corrected chi connectivity index (χ2v) is 7.00. The Morgan fingerprint density at radius 1 is 1.26 bits per heavy atom. The number of hydrogen-bond donors (Lipinski definition) is 2. The van der Waals surface area contributed by atoms with E-state index in [9.17, 15) is 9.59 Å². The lowest BCUT2D eigenvalue weighted by atomic mass is 9.99. The van der Waals surface area contributed by atoms with E-state index in [0.29, 0.717) is 6.61 Å². The topological polar surface area (TPSA) is 70.7 Å². The van der Waals surface area contributed by atoms with Crippen molar-refractivity contribution < 1.29 is 14.3 Å². The molecule has 1 aromatic carbocycles. The van der Waals surface area contributed by atoms with Crippen molar-refractivity contribution in [3.63, 3.8) is 0 Å². The van der Waals surface area contributed by atoms with Crippen molar-refractivity contribution in [2.24, 2.45) is 0 Å². The molecule has 1 saturated heterocycles. The van der Waals surface area contributed by atoms with Gasteiger partial charge in [0.15, 0.2) is 0 Å². The van der Waals surface area contributed by atoms with Crippen molar-refractivity contribution in [1.82, 2.24) is 15.5 Å². The highest BCUT2D eigenvalue weighted by Gasteiger charge is 2.28. The summed E-state index contributed by atoms with van der Waals surface area (Å²) in [6.45, 7) is 8.68. The predicted octanol–water partition coefficient (Wildman–Crippen LogP) is 2.64. The molecule has 2 amide bonds. The maximum absolute atomic E-state index is 13.2. The minimum Gasteiger partial charge on any atom is -0.494 e. The number of rotatable bonds is 9. The average Bonchev–Trinajstić information content (AvgIpc) is 2.66. The van der Waals surface area contributed by atoms with Crippen molar-refractivity contribution in [1.29, 1.82) is 0 Å². The molecule has 0 aromatic heterocycles. The molecule has 0 bridgehead atoms. The molecule has 0 aliphatic carbocycles. The Kier molecular flexibility index (Phi) is 8.58. The van der Waals surface area contributed by atoms with Gasteiger partial charge in [-0.3, -0.25) is 9.59 Å². The van der Waals surface area contributed by atoms with Crippen molar-refractivity contribution in [3.8, 4) is 5.75 Å². The van der Waals surface area contributed by atoms with Gasteiger partial charge in [-0.25, -0.2) is 0 Å². The number of carbonyl (C=O) groups is 2. The minimum absolute atomic E-state index is 0.0915. The maximum atomic E-state index is 13.2. The molecule has 2 rings (SSSR count). The van der Waals surface area contributed by atoms with Crippen LogP contribution in [0.1, 0.15) is 58.1 Å². The average molecular weight is 376 g/mol. The lowest BCUT2D eigenvalue weighted by Crippen LogP contribution is -2.47. The highest BCUT2D eigenvalue weighted by molar-refractivity contribution is 5.79. The van der Waals surface area contributed by atoms with E-state index < -0.39 is 0 Å². The molecule has 1 aromatic rings. The molecule has 6 heteroatoms. The Balaban J connectivity index is 2.20. The third kappa shape index (κ3) is 6.24. The van der Waals surface area contributed by atoms with Gasteiger partial charge in [-0.15, -0.1) is 0 Å². The van der Waals surface area contributed by atoms with E-state index in [0.717, 1.165) is 50.2 Å². The van der Waals surface area contributed by atoms with Crippen LogP contribution in [-0.4, -0.2) is 49.0 Å². The van der Waals surface area contributed by atoms with Crippen molar-refractivity contribution in [3.05, 3.63) is 29.8 Å². The molecule has 1 heterocycles. The molecule has 150 valence electrons.